The molecule has 6 heteroatoms. The molecule has 0 spiro atoms. The Morgan fingerprint density at radius 1 is 1.23 bits per heavy atom. The number of urea groups is 1. The van der Waals surface area contributed by atoms with Crippen molar-refractivity contribution in [1.82, 2.24) is 4.90 Å². The van der Waals surface area contributed by atoms with Gasteiger partial charge in [-0.25, -0.2) is 9.59 Å². The van der Waals surface area contributed by atoms with Gasteiger partial charge in [0.1, 0.15) is 18.0 Å². The zero-order valence-electron chi connectivity index (χ0n) is 14.5. The predicted molar refractivity (Wildman–Crippen MR) is 97.0 cm³/mol. The van der Waals surface area contributed by atoms with E-state index in [-0.39, 0.29) is 18.7 Å². The zero-order chi connectivity index (χ0) is 18.3. The van der Waals surface area contributed by atoms with Gasteiger partial charge in [-0.15, -0.1) is 0 Å². The number of benzene rings is 2. The van der Waals surface area contributed by atoms with Crippen molar-refractivity contribution in [3.8, 4) is 0 Å². The molecule has 132 valence electrons. The third-order valence-corrected chi connectivity index (χ3v) is 4.70. The van der Waals surface area contributed by atoms with Gasteiger partial charge in [0.25, 0.3) is 0 Å². The first-order valence-electron chi connectivity index (χ1n) is 8.35. The summed E-state index contributed by atoms with van der Waals surface area (Å²) in [7, 11) is 1.73. The lowest BCUT2D eigenvalue weighted by Crippen LogP contribution is -2.38. The molecule has 0 saturated carbocycles. The summed E-state index contributed by atoms with van der Waals surface area (Å²) in [4.78, 5) is 25.9. The van der Waals surface area contributed by atoms with Gasteiger partial charge in [-0.2, -0.15) is 0 Å². The van der Waals surface area contributed by atoms with Crippen LogP contribution in [0.25, 0.3) is 11.0 Å². The minimum atomic E-state index is -0.464. The molecule has 6 nitrogen and oxygen atoms in total. The van der Waals surface area contributed by atoms with Gasteiger partial charge in [-0.05, 0) is 36.8 Å². The van der Waals surface area contributed by atoms with Crippen LogP contribution in [-0.2, 0) is 11.3 Å². The van der Waals surface area contributed by atoms with Crippen LogP contribution in [0.15, 0.2) is 52.9 Å². The fourth-order valence-electron chi connectivity index (χ4n) is 3.07. The van der Waals surface area contributed by atoms with E-state index >= 15 is 0 Å². The molecule has 1 aliphatic heterocycles. The average molecular weight is 350 g/mol. The van der Waals surface area contributed by atoms with Gasteiger partial charge in [0.05, 0.1) is 11.6 Å². The van der Waals surface area contributed by atoms with Crippen LogP contribution in [0.2, 0.25) is 0 Å². The highest BCUT2D eigenvalue weighted by atomic mass is 16.5. The molecule has 0 saturated heterocycles. The van der Waals surface area contributed by atoms with Crippen LogP contribution in [0, 0.1) is 0 Å². The van der Waals surface area contributed by atoms with E-state index in [2.05, 4.69) is 5.32 Å². The lowest BCUT2D eigenvalue weighted by atomic mass is 10.0. The summed E-state index contributed by atoms with van der Waals surface area (Å²) in [6.45, 7) is 1.99. The van der Waals surface area contributed by atoms with E-state index < -0.39 is 5.97 Å². The quantitative estimate of drug-likeness (QED) is 0.714. The van der Waals surface area contributed by atoms with Crippen molar-refractivity contribution in [3.05, 3.63) is 65.4 Å². The fraction of sp³-hybridized carbons (Fsp3) is 0.200. The SMILES string of the molecule is C[C@H]1c2ccc(C(=O)OCc3cc4ccccc4o3)cc2NC(=O)N1C. The number of nitrogens with one attached hydrogen (secondary N) is 1. The van der Waals surface area contributed by atoms with Crippen molar-refractivity contribution < 1.29 is 18.7 Å². The average Bonchev–Trinajstić information content (AvgIpc) is 3.07. The van der Waals surface area contributed by atoms with Gasteiger partial charge >= 0.3 is 12.0 Å². The topological polar surface area (TPSA) is 71.8 Å². The second kappa shape index (κ2) is 6.22. The Balaban J connectivity index is 1.50. The Kier molecular flexibility index (Phi) is 3.88. The number of ether oxygens (including phenoxy) is 1. The highest BCUT2D eigenvalue weighted by Crippen LogP contribution is 2.32. The van der Waals surface area contributed by atoms with Crippen molar-refractivity contribution >= 4 is 28.7 Å². The molecule has 2 heterocycles. The summed E-state index contributed by atoms with van der Waals surface area (Å²) in [6.07, 6.45) is 0. The third-order valence-electron chi connectivity index (χ3n) is 4.70. The van der Waals surface area contributed by atoms with Gasteiger partial charge in [-0.1, -0.05) is 24.3 Å². The minimum absolute atomic E-state index is 0.0517. The largest absolute Gasteiger partial charge is 0.457 e. The summed E-state index contributed by atoms with van der Waals surface area (Å²) in [5.41, 5.74) is 2.74. The Morgan fingerprint density at radius 3 is 2.85 bits per heavy atom. The molecule has 1 aliphatic rings. The molecule has 1 atom stereocenters. The number of esters is 1. The van der Waals surface area contributed by atoms with E-state index in [0.717, 1.165) is 16.5 Å². The molecule has 0 fully saturated rings. The Labute approximate surface area is 150 Å². The number of anilines is 1. The lowest BCUT2D eigenvalue weighted by Gasteiger charge is -2.32. The monoisotopic (exact) mass is 350 g/mol. The normalized spacial score (nSPS) is 16.3. The number of para-hydroxylation sites is 1. The van der Waals surface area contributed by atoms with Crippen LogP contribution >= 0.6 is 0 Å². The van der Waals surface area contributed by atoms with Crippen LogP contribution in [0.1, 0.15) is 34.6 Å². The summed E-state index contributed by atoms with van der Waals surface area (Å²) >= 11 is 0. The highest BCUT2D eigenvalue weighted by molar-refractivity contribution is 5.96. The summed E-state index contributed by atoms with van der Waals surface area (Å²) in [5, 5.41) is 3.75. The summed E-state index contributed by atoms with van der Waals surface area (Å²) in [6, 6.07) is 14.4. The number of rotatable bonds is 3. The first-order valence-corrected chi connectivity index (χ1v) is 8.35. The maximum Gasteiger partial charge on any atom is 0.338 e. The molecule has 4 rings (SSSR count). The first-order chi connectivity index (χ1) is 12.5. The Hall–Kier alpha value is -3.28. The van der Waals surface area contributed by atoms with Gasteiger partial charge in [0.15, 0.2) is 0 Å². The zero-order valence-corrected chi connectivity index (χ0v) is 14.5. The molecule has 0 unspecified atom stereocenters. The van der Waals surface area contributed by atoms with Crippen LogP contribution in [0.3, 0.4) is 0 Å². The van der Waals surface area contributed by atoms with Gasteiger partial charge < -0.3 is 19.4 Å². The molecule has 2 aromatic carbocycles. The van der Waals surface area contributed by atoms with Crippen molar-refractivity contribution in [1.29, 1.82) is 0 Å². The molecule has 1 N–H and O–H groups in total. The van der Waals surface area contributed by atoms with E-state index in [1.807, 2.05) is 43.3 Å². The molecule has 26 heavy (non-hydrogen) atoms. The van der Waals surface area contributed by atoms with E-state index in [0.29, 0.717) is 17.0 Å². The number of carbonyl (C=O) groups excluding carboxylic acids is 2. The molecule has 0 bridgehead atoms. The van der Waals surface area contributed by atoms with Crippen molar-refractivity contribution in [2.24, 2.45) is 0 Å². The van der Waals surface area contributed by atoms with Crippen LogP contribution in [0.4, 0.5) is 10.5 Å². The van der Waals surface area contributed by atoms with Crippen molar-refractivity contribution in [2.75, 3.05) is 12.4 Å². The summed E-state index contributed by atoms with van der Waals surface area (Å²) < 4.78 is 11.0. The van der Waals surface area contributed by atoms with Crippen LogP contribution in [0.5, 0.6) is 0 Å². The van der Waals surface area contributed by atoms with Crippen LogP contribution < -0.4 is 5.32 Å². The maximum absolute atomic E-state index is 12.4. The van der Waals surface area contributed by atoms with Crippen molar-refractivity contribution in [3.63, 3.8) is 0 Å². The predicted octanol–water partition coefficient (Wildman–Crippen LogP) is 4.33. The number of hydrogen-bond donors (Lipinski definition) is 1. The molecule has 2 amide bonds. The standard InChI is InChI=1S/C20H18N2O4/c1-12-16-8-7-14(10-17(16)21-20(24)22(12)2)19(23)25-11-15-9-13-5-3-4-6-18(13)26-15/h3-10,12H,11H2,1-2H3,(H,21,24)/t12-/m0/s1. The highest BCUT2D eigenvalue weighted by Gasteiger charge is 2.27. The number of fused-ring (bicyclic) bond motifs is 2. The second-order valence-electron chi connectivity index (χ2n) is 6.35. The molecular formula is C20H18N2O4. The number of nitrogens with zero attached hydrogens (tertiary/aromatic N) is 1. The minimum Gasteiger partial charge on any atom is -0.457 e. The number of furan rings is 1. The first kappa shape index (κ1) is 16.2. The number of hydrogen-bond acceptors (Lipinski definition) is 4. The third kappa shape index (κ3) is 2.79. The van der Waals surface area contributed by atoms with E-state index in [1.54, 1.807) is 24.1 Å². The van der Waals surface area contributed by atoms with Crippen LogP contribution in [-0.4, -0.2) is 23.9 Å². The van der Waals surface area contributed by atoms with E-state index in [1.165, 1.54) is 0 Å². The van der Waals surface area contributed by atoms with Gasteiger partial charge in [0, 0.05) is 18.1 Å². The number of amides is 2. The molecule has 0 aliphatic carbocycles. The Morgan fingerprint density at radius 2 is 2.04 bits per heavy atom. The molecule has 0 radical (unpaired) electrons. The lowest BCUT2D eigenvalue weighted by molar-refractivity contribution is 0.0447. The van der Waals surface area contributed by atoms with Gasteiger partial charge in [0.2, 0.25) is 0 Å². The fourth-order valence-corrected chi connectivity index (χ4v) is 3.07. The van der Waals surface area contributed by atoms with E-state index in [4.69, 9.17) is 9.15 Å². The smallest absolute Gasteiger partial charge is 0.338 e. The van der Waals surface area contributed by atoms with E-state index in [9.17, 15) is 9.59 Å². The molecular weight excluding hydrogens is 332 g/mol. The molecule has 3 aromatic rings. The maximum atomic E-state index is 12.4. The Bertz CT molecular complexity index is 975. The summed E-state index contributed by atoms with van der Waals surface area (Å²) in [5.74, 6) is 0.121. The van der Waals surface area contributed by atoms with Gasteiger partial charge in [-0.3, -0.25) is 0 Å². The molecule has 1 aromatic heterocycles. The number of carbonyl (C=O) groups is 2. The van der Waals surface area contributed by atoms with Crippen molar-refractivity contribution in [2.45, 2.75) is 19.6 Å². The second-order valence-corrected chi connectivity index (χ2v) is 6.35.